The van der Waals surface area contributed by atoms with Gasteiger partial charge in [-0.1, -0.05) is 45.2 Å². The van der Waals surface area contributed by atoms with E-state index in [4.69, 9.17) is 23.2 Å². The van der Waals surface area contributed by atoms with Crippen molar-refractivity contribution in [1.82, 2.24) is 0 Å². The summed E-state index contributed by atoms with van der Waals surface area (Å²) in [4.78, 5) is 0. The lowest BCUT2D eigenvalue weighted by Gasteiger charge is -2.15. The second kappa shape index (κ2) is 6.23. The van der Waals surface area contributed by atoms with E-state index in [0.29, 0.717) is 25.6 Å². The van der Waals surface area contributed by atoms with Gasteiger partial charge in [0.15, 0.2) is 0 Å². The summed E-state index contributed by atoms with van der Waals surface area (Å²) in [6.45, 7) is 0. The normalized spacial score (nSPS) is 12.5. The summed E-state index contributed by atoms with van der Waals surface area (Å²) in [5.74, 6) is -0.400. The number of hydrogen-bond acceptors (Lipinski definition) is 1. The largest absolute Gasteiger partial charge is 0.388 e. The predicted octanol–water partition coefficient (Wildman–Crippen LogP) is 5.17. The standard InChI is InChI=1S/C14H10BrCl2FO/c15-11-5-4-8(18)6-9(11)14(19)7-10-12(16)2-1-3-13(10)17/h1-6,14,19H,7H2. The molecule has 0 bridgehead atoms. The molecule has 1 N–H and O–H groups in total. The molecule has 1 atom stereocenters. The quantitative estimate of drug-likeness (QED) is 0.797. The van der Waals surface area contributed by atoms with Gasteiger partial charge in [0.25, 0.3) is 0 Å². The SMILES string of the molecule is OC(Cc1c(Cl)cccc1Cl)c1cc(F)ccc1Br. The van der Waals surface area contributed by atoms with E-state index in [0.717, 1.165) is 0 Å². The van der Waals surface area contributed by atoms with Crippen LogP contribution < -0.4 is 0 Å². The maximum absolute atomic E-state index is 13.2. The number of hydrogen-bond donors (Lipinski definition) is 1. The van der Waals surface area contributed by atoms with E-state index >= 15 is 0 Å². The van der Waals surface area contributed by atoms with Crippen LogP contribution in [0.15, 0.2) is 40.9 Å². The number of aliphatic hydroxyl groups is 1. The van der Waals surface area contributed by atoms with Crippen LogP contribution in [0, 0.1) is 5.82 Å². The second-order valence-electron chi connectivity index (χ2n) is 4.09. The molecule has 0 aromatic heterocycles. The van der Waals surface area contributed by atoms with Gasteiger partial charge < -0.3 is 5.11 Å². The van der Waals surface area contributed by atoms with Gasteiger partial charge in [-0.3, -0.25) is 0 Å². The molecule has 0 aliphatic rings. The van der Waals surface area contributed by atoms with Crippen LogP contribution in [0.25, 0.3) is 0 Å². The molecule has 0 aliphatic heterocycles. The van der Waals surface area contributed by atoms with Gasteiger partial charge in [-0.05, 0) is 41.5 Å². The first-order valence-corrected chi connectivity index (χ1v) is 7.10. The van der Waals surface area contributed by atoms with Gasteiger partial charge in [0, 0.05) is 20.9 Å². The maximum atomic E-state index is 13.2. The monoisotopic (exact) mass is 362 g/mol. The lowest BCUT2D eigenvalue weighted by atomic mass is 10.0. The van der Waals surface area contributed by atoms with Crippen molar-refractivity contribution < 1.29 is 9.50 Å². The molecule has 0 saturated heterocycles. The summed E-state index contributed by atoms with van der Waals surface area (Å²) >= 11 is 15.4. The fourth-order valence-corrected chi connectivity index (χ4v) is 2.86. The van der Waals surface area contributed by atoms with E-state index in [2.05, 4.69) is 15.9 Å². The zero-order valence-electron chi connectivity index (χ0n) is 9.71. The maximum Gasteiger partial charge on any atom is 0.123 e. The Morgan fingerprint density at radius 2 is 1.79 bits per heavy atom. The van der Waals surface area contributed by atoms with Crippen LogP contribution in [-0.2, 0) is 6.42 Å². The summed E-state index contributed by atoms with van der Waals surface area (Å²) in [5, 5.41) is 11.2. The highest BCUT2D eigenvalue weighted by atomic mass is 79.9. The highest BCUT2D eigenvalue weighted by Gasteiger charge is 2.16. The number of halogens is 4. The Balaban J connectivity index is 2.31. The molecule has 19 heavy (non-hydrogen) atoms. The van der Waals surface area contributed by atoms with Crippen molar-refractivity contribution in [2.24, 2.45) is 0 Å². The molecule has 1 nitrogen and oxygen atoms in total. The van der Waals surface area contributed by atoms with Crippen molar-refractivity contribution >= 4 is 39.1 Å². The first kappa shape index (κ1) is 14.8. The highest BCUT2D eigenvalue weighted by Crippen LogP contribution is 2.32. The minimum atomic E-state index is -0.887. The minimum absolute atomic E-state index is 0.223. The Bertz CT molecular complexity index is 584. The Morgan fingerprint density at radius 3 is 2.42 bits per heavy atom. The molecule has 0 spiro atoms. The Morgan fingerprint density at radius 1 is 1.16 bits per heavy atom. The van der Waals surface area contributed by atoms with Crippen molar-refractivity contribution in [3.05, 3.63) is 67.9 Å². The van der Waals surface area contributed by atoms with Crippen molar-refractivity contribution in [3.8, 4) is 0 Å². The van der Waals surface area contributed by atoms with E-state index in [1.807, 2.05) is 0 Å². The fourth-order valence-electron chi connectivity index (χ4n) is 1.80. The van der Waals surface area contributed by atoms with Gasteiger partial charge >= 0.3 is 0 Å². The molecular weight excluding hydrogens is 354 g/mol. The molecule has 0 heterocycles. The van der Waals surface area contributed by atoms with Crippen LogP contribution in [0.4, 0.5) is 4.39 Å². The molecule has 1 unspecified atom stereocenters. The summed E-state index contributed by atoms with van der Waals surface area (Å²) in [5.41, 5.74) is 1.12. The third-order valence-electron chi connectivity index (χ3n) is 2.78. The van der Waals surface area contributed by atoms with E-state index in [9.17, 15) is 9.50 Å². The molecule has 0 aliphatic carbocycles. The number of rotatable bonds is 3. The minimum Gasteiger partial charge on any atom is -0.388 e. The third-order valence-corrected chi connectivity index (χ3v) is 4.21. The number of benzene rings is 2. The topological polar surface area (TPSA) is 20.2 Å². The average molecular weight is 364 g/mol. The van der Waals surface area contributed by atoms with Gasteiger partial charge in [0.05, 0.1) is 6.10 Å². The summed E-state index contributed by atoms with van der Waals surface area (Å²) < 4.78 is 13.9. The van der Waals surface area contributed by atoms with Gasteiger partial charge in [-0.25, -0.2) is 4.39 Å². The lowest BCUT2D eigenvalue weighted by molar-refractivity contribution is 0.177. The first-order valence-electron chi connectivity index (χ1n) is 5.55. The van der Waals surface area contributed by atoms with Crippen LogP contribution >= 0.6 is 39.1 Å². The molecule has 0 fully saturated rings. The molecular formula is C14H10BrCl2FO. The van der Waals surface area contributed by atoms with Crippen LogP contribution in [0.1, 0.15) is 17.2 Å². The summed E-state index contributed by atoms with van der Waals surface area (Å²) in [6, 6.07) is 9.31. The molecule has 2 aromatic rings. The lowest BCUT2D eigenvalue weighted by Crippen LogP contribution is -2.04. The highest BCUT2D eigenvalue weighted by molar-refractivity contribution is 9.10. The van der Waals surface area contributed by atoms with E-state index in [1.54, 1.807) is 24.3 Å². The van der Waals surface area contributed by atoms with Crippen molar-refractivity contribution in [1.29, 1.82) is 0 Å². The van der Waals surface area contributed by atoms with Gasteiger partial charge in [0.2, 0.25) is 0 Å². The van der Waals surface area contributed by atoms with E-state index in [-0.39, 0.29) is 6.42 Å². The van der Waals surface area contributed by atoms with E-state index in [1.165, 1.54) is 12.1 Å². The van der Waals surface area contributed by atoms with Crippen LogP contribution in [0.3, 0.4) is 0 Å². The van der Waals surface area contributed by atoms with Crippen LogP contribution in [0.2, 0.25) is 10.0 Å². The smallest absolute Gasteiger partial charge is 0.123 e. The molecule has 2 aromatic carbocycles. The first-order chi connectivity index (χ1) is 8.99. The average Bonchev–Trinajstić information content (AvgIpc) is 2.37. The fraction of sp³-hybridized carbons (Fsp3) is 0.143. The second-order valence-corrected chi connectivity index (χ2v) is 5.75. The molecule has 100 valence electrons. The molecule has 0 saturated carbocycles. The molecule has 5 heteroatoms. The zero-order valence-corrected chi connectivity index (χ0v) is 12.8. The van der Waals surface area contributed by atoms with Gasteiger partial charge in [-0.2, -0.15) is 0 Å². The zero-order chi connectivity index (χ0) is 14.0. The molecule has 2 rings (SSSR count). The van der Waals surface area contributed by atoms with Crippen molar-refractivity contribution in [2.75, 3.05) is 0 Å². The predicted molar refractivity (Wildman–Crippen MR) is 79.2 cm³/mol. The van der Waals surface area contributed by atoms with Crippen LogP contribution in [-0.4, -0.2) is 5.11 Å². The Hall–Kier alpha value is -0.610. The third kappa shape index (κ3) is 3.48. The van der Waals surface area contributed by atoms with Crippen molar-refractivity contribution in [2.45, 2.75) is 12.5 Å². The molecule has 0 radical (unpaired) electrons. The van der Waals surface area contributed by atoms with E-state index < -0.39 is 11.9 Å². The molecule has 0 amide bonds. The number of aliphatic hydroxyl groups excluding tert-OH is 1. The van der Waals surface area contributed by atoms with Crippen molar-refractivity contribution in [3.63, 3.8) is 0 Å². The summed E-state index contributed by atoms with van der Waals surface area (Å²) in [7, 11) is 0. The Labute approximate surface area is 129 Å². The van der Waals surface area contributed by atoms with Gasteiger partial charge in [-0.15, -0.1) is 0 Å². The summed E-state index contributed by atoms with van der Waals surface area (Å²) in [6.07, 6.45) is -0.664. The van der Waals surface area contributed by atoms with Crippen LogP contribution in [0.5, 0.6) is 0 Å². The Kier molecular flexibility index (Phi) is 4.85. The van der Waals surface area contributed by atoms with Gasteiger partial charge in [0.1, 0.15) is 5.82 Å².